The molecule has 1 heterocycles. The highest BCUT2D eigenvalue weighted by Crippen LogP contribution is 2.42. The van der Waals surface area contributed by atoms with E-state index in [1.54, 1.807) is 13.0 Å². The van der Waals surface area contributed by atoms with Crippen molar-refractivity contribution in [3.05, 3.63) is 36.0 Å². The van der Waals surface area contributed by atoms with Crippen molar-refractivity contribution in [3.63, 3.8) is 0 Å². The van der Waals surface area contributed by atoms with E-state index in [9.17, 15) is 26.3 Å². The first-order valence-corrected chi connectivity index (χ1v) is 6.22. The molecule has 3 nitrogen and oxygen atoms in total. The van der Waals surface area contributed by atoms with Crippen LogP contribution >= 0.6 is 0 Å². The Hall–Kier alpha value is -2.06. The SMILES string of the molecule is C/C=C\n1cnc(C2=CC(C(F)(F)F)CC(C(F)(F)F)=C2)n1. The Bertz CT molecular complexity index is 633. The molecule has 1 aliphatic rings. The van der Waals surface area contributed by atoms with E-state index < -0.39 is 30.3 Å². The van der Waals surface area contributed by atoms with Crippen LogP contribution in [-0.2, 0) is 0 Å². The zero-order valence-electron chi connectivity index (χ0n) is 11.3. The summed E-state index contributed by atoms with van der Waals surface area (Å²) < 4.78 is 78.1. The smallest absolute Gasteiger partial charge is 0.228 e. The number of alkyl halides is 6. The highest BCUT2D eigenvalue weighted by molar-refractivity contribution is 5.72. The third-order valence-corrected chi connectivity index (χ3v) is 3.00. The number of hydrogen-bond donors (Lipinski definition) is 0. The topological polar surface area (TPSA) is 30.7 Å². The molecule has 0 amide bonds. The molecule has 0 N–H and O–H groups in total. The van der Waals surface area contributed by atoms with Gasteiger partial charge in [0.25, 0.3) is 0 Å². The molecule has 0 saturated carbocycles. The minimum atomic E-state index is -4.82. The Morgan fingerprint density at radius 1 is 1.23 bits per heavy atom. The van der Waals surface area contributed by atoms with Crippen molar-refractivity contribution in [1.82, 2.24) is 14.8 Å². The molecule has 9 heteroatoms. The molecule has 1 aromatic rings. The lowest BCUT2D eigenvalue weighted by Crippen LogP contribution is -2.27. The predicted molar refractivity (Wildman–Crippen MR) is 67.3 cm³/mol. The molecular formula is C13H11F6N3. The van der Waals surface area contributed by atoms with Crippen LogP contribution in [0.1, 0.15) is 19.2 Å². The molecule has 0 spiro atoms. The van der Waals surface area contributed by atoms with Gasteiger partial charge >= 0.3 is 12.4 Å². The van der Waals surface area contributed by atoms with Crippen LogP contribution in [0.3, 0.4) is 0 Å². The monoisotopic (exact) mass is 323 g/mol. The van der Waals surface area contributed by atoms with Gasteiger partial charge in [-0.2, -0.15) is 26.3 Å². The van der Waals surface area contributed by atoms with Crippen LogP contribution in [0.25, 0.3) is 11.8 Å². The van der Waals surface area contributed by atoms with Gasteiger partial charge in [-0.3, -0.25) is 0 Å². The number of nitrogens with zero attached hydrogens (tertiary/aromatic N) is 3. The van der Waals surface area contributed by atoms with Gasteiger partial charge in [-0.05, 0) is 19.4 Å². The number of halogens is 6. The van der Waals surface area contributed by atoms with E-state index in [0.29, 0.717) is 6.08 Å². The third kappa shape index (κ3) is 3.58. The minimum Gasteiger partial charge on any atom is -0.228 e. The van der Waals surface area contributed by atoms with Crippen LogP contribution in [0.2, 0.25) is 0 Å². The summed E-state index contributed by atoms with van der Waals surface area (Å²) in [5.74, 6) is -2.40. The Balaban J connectivity index is 2.44. The summed E-state index contributed by atoms with van der Waals surface area (Å²) in [7, 11) is 0. The lowest BCUT2D eigenvalue weighted by Gasteiger charge is -2.24. The van der Waals surface area contributed by atoms with Crippen LogP contribution in [-0.4, -0.2) is 27.1 Å². The van der Waals surface area contributed by atoms with Gasteiger partial charge in [-0.15, -0.1) is 5.10 Å². The fourth-order valence-electron chi connectivity index (χ4n) is 1.99. The average molecular weight is 323 g/mol. The molecular weight excluding hydrogens is 312 g/mol. The van der Waals surface area contributed by atoms with Gasteiger partial charge in [-0.25, -0.2) is 9.67 Å². The van der Waals surface area contributed by atoms with E-state index in [-0.39, 0.29) is 11.4 Å². The zero-order valence-corrected chi connectivity index (χ0v) is 11.3. The Morgan fingerprint density at radius 2 is 1.91 bits per heavy atom. The molecule has 120 valence electrons. The molecule has 0 aromatic carbocycles. The largest absolute Gasteiger partial charge is 0.412 e. The van der Waals surface area contributed by atoms with Crippen molar-refractivity contribution < 1.29 is 26.3 Å². The molecule has 0 aliphatic heterocycles. The lowest BCUT2D eigenvalue weighted by atomic mass is 9.89. The first-order valence-electron chi connectivity index (χ1n) is 6.22. The van der Waals surface area contributed by atoms with Crippen LogP contribution in [0, 0.1) is 5.92 Å². The highest BCUT2D eigenvalue weighted by atomic mass is 19.4. The fraction of sp³-hybridized carbons (Fsp3) is 0.385. The Morgan fingerprint density at radius 3 is 2.45 bits per heavy atom. The number of rotatable bonds is 2. The molecule has 0 radical (unpaired) electrons. The van der Waals surface area contributed by atoms with Gasteiger partial charge in [0.05, 0.1) is 5.92 Å². The summed E-state index contributed by atoms with van der Waals surface area (Å²) in [6.07, 6.45) is -5.06. The molecule has 0 bridgehead atoms. The minimum absolute atomic E-state index is 0.186. The molecule has 1 aromatic heterocycles. The van der Waals surface area contributed by atoms with Crippen LogP contribution < -0.4 is 0 Å². The van der Waals surface area contributed by atoms with Crippen LogP contribution in [0.4, 0.5) is 26.3 Å². The van der Waals surface area contributed by atoms with Crippen molar-refractivity contribution in [1.29, 1.82) is 0 Å². The maximum absolute atomic E-state index is 12.8. The second-order valence-corrected chi connectivity index (χ2v) is 4.67. The summed E-state index contributed by atoms with van der Waals surface area (Å²) >= 11 is 0. The average Bonchev–Trinajstić information content (AvgIpc) is 2.85. The van der Waals surface area contributed by atoms with E-state index in [2.05, 4.69) is 10.1 Å². The van der Waals surface area contributed by atoms with Gasteiger partial charge in [0.1, 0.15) is 6.33 Å². The van der Waals surface area contributed by atoms with Gasteiger partial charge in [0.2, 0.25) is 0 Å². The summed E-state index contributed by atoms with van der Waals surface area (Å²) in [4.78, 5) is 3.74. The number of hydrogen-bond acceptors (Lipinski definition) is 2. The van der Waals surface area contributed by atoms with E-state index in [1.165, 1.54) is 17.2 Å². The normalized spacial score (nSPS) is 20.2. The molecule has 22 heavy (non-hydrogen) atoms. The van der Waals surface area contributed by atoms with Gasteiger partial charge in [0.15, 0.2) is 5.82 Å². The van der Waals surface area contributed by atoms with Gasteiger partial charge in [0, 0.05) is 17.3 Å². The Labute approximate surface area is 121 Å². The first-order chi connectivity index (χ1) is 10.1. The van der Waals surface area contributed by atoms with Crippen molar-refractivity contribution in [2.45, 2.75) is 25.7 Å². The van der Waals surface area contributed by atoms with Gasteiger partial charge < -0.3 is 0 Å². The van der Waals surface area contributed by atoms with Crippen molar-refractivity contribution >= 4 is 11.8 Å². The summed E-state index contributed by atoms with van der Waals surface area (Å²) in [6, 6.07) is 0. The summed E-state index contributed by atoms with van der Waals surface area (Å²) in [5.41, 5.74) is -1.53. The summed E-state index contributed by atoms with van der Waals surface area (Å²) in [5, 5.41) is 3.83. The fourth-order valence-corrected chi connectivity index (χ4v) is 1.99. The van der Waals surface area contributed by atoms with Crippen molar-refractivity contribution in [3.8, 4) is 0 Å². The van der Waals surface area contributed by atoms with E-state index >= 15 is 0 Å². The van der Waals surface area contributed by atoms with Crippen molar-refractivity contribution in [2.75, 3.05) is 0 Å². The number of allylic oxidation sites excluding steroid dienone is 5. The molecule has 1 unspecified atom stereocenters. The lowest BCUT2D eigenvalue weighted by molar-refractivity contribution is -0.165. The molecule has 0 saturated heterocycles. The standard InChI is InChI=1S/C13H11F6N3/c1-2-3-22-7-20-11(21-22)8-4-9(12(14,15)16)6-10(5-8)13(17,18)19/h2-5,7,9H,6H2,1H3/b3-2-. The van der Waals surface area contributed by atoms with Crippen molar-refractivity contribution in [2.24, 2.45) is 5.92 Å². The van der Waals surface area contributed by atoms with E-state index in [1.807, 2.05) is 0 Å². The third-order valence-electron chi connectivity index (χ3n) is 3.00. The molecule has 1 aliphatic carbocycles. The zero-order chi connectivity index (χ0) is 16.5. The predicted octanol–water partition coefficient (Wildman–Crippen LogP) is 4.22. The summed E-state index contributed by atoms with van der Waals surface area (Å²) in [6.45, 7) is 1.68. The molecule has 1 atom stereocenters. The highest BCUT2D eigenvalue weighted by Gasteiger charge is 2.45. The molecule has 2 rings (SSSR count). The first kappa shape index (κ1) is 16.3. The Kier molecular flexibility index (Phi) is 4.17. The quantitative estimate of drug-likeness (QED) is 0.763. The van der Waals surface area contributed by atoms with Gasteiger partial charge in [-0.1, -0.05) is 12.2 Å². The van der Waals surface area contributed by atoms with E-state index in [4.69, 9.17) is 0 Å². The maximum Gasteiger partial charge on any atom is 0.412 e. The molecule has 0 fully saturated rings. The second kappa shape index (κ2) is 5.62. The van der Waals surface area contributed by atoms with Crippen LogP contribution in [0.5, 0.6) is 0 Å². The van der Waals surface area contributed by atoms with E-state index in [0.717, 1.165) is 6.08 Å². The maximum atomic E-state index is 12.8. The second-order valence-electron chi connectivity index (χ2n) is 4.67. The number of aromatic nitrogens is 3. The van der Waals surface area contributed by atoms with Crippen LogP contribution in [0.15, 0.2) is 30.1 Å².